The molecule has 0 radical (unpaired) electrons. The van der Waals surface area contributed by atoms with Crippen LogP contribution in [0.2, 0.25) is 0 Å². The van der Waals surface area contributed by atoms with Crippen molar-refractivity contribution < 1.29 is 14.3 Å². The van der Waals surface area contributed by atoms with E-state index < -0.39 is 0 Å². The second-order valence-electron chi connectivity index (χ2n) is 7.51. The molecule has 0 bridgehead atoms. The van der Waals surface area contributed by atoms with E-state index >= 15 is 0 Å². The first-order valence-corrected chi connectivity index (χ1v) is 9.97. The van der Waals surface area contributed by atoms with Crippen molar-refractivity contribution in [2.75, 3.05) is 11.5 Å². The summed E-state index contributed by atoms with van der Waals surface area (Å²) < 4.78 is 5.40. The summed E-state index contributed by atoms with van der Waals surface area (Å²) in [5, 5.41) is 2.17. The van der Waals surface area contributed by atoms with Gasteiger partial charge in [-0.3, -0.25) is 9.69 Å². The highest BCUT2D eigenvalue weighted by atomic mass is 16.5. The van der Waals surface area contributed by atoms with E-state index in [1.54, 1.807) is 4.90 Å². The highest BCUT2D eigenvalue weighted by molar-refractivity contribution is 6.07. The fourth-order valence-corrected chi connectivity index (χ4v) is 4.45. The van der Waals surface area contributed by atoms with Gasteiger partial charge >= 0.3 is 5.97 Å². The zero-order valence-corrected chi connectivity index (χ0v) is 16.2. The van der Waals surface area contributed by atoms with E-state index in [0.29, 0.717) is 11.3 Å². The van der Waals surface area contributed by atoms with E-state index in [-0.39, 0.29) is 30.8 Å². The van der Waals surface area contributed by atoms with Crippen LogP contribution < -0.4 is 4.90 Å². The quantitative estimate of drug-likeness (QED) is 0.614. The molecule has 0 N–H and O–H groups in total. The van der Waals surface area contributed by atoms with Crippen LogP contribution in [0.25, 0.3) is 10.8 Å². The monoisotopic (exact) mass is 383 g/mol. The van der Waals surface area contributed by atoms with Crippen LogP contribution in [0.5, 0.6) is 0 Å². The molecule has 3 aromatic carbocycles. The molecule has 4 heteroatoms. The summed E-state index contributed by atoms with van der Waals surface area (Å²) in [5.74, 6) is -0.616. The number of rotatable bonds is 3. The van der Waals surface area contributed by atoms with E-state index in [1.807, 2.05) is 66.7 Å². The molecular formula is C25H21NO3. The molecule has 0 aliphatic carbocycles. The lowest BCUT2D eigenvalue weighted by Gasteiger charge is -2.32. The van der Waals surface area contributed by atoms with Gasteiger partial charge in [-0.1, -0.05) is 61.5 Å². The van der Waals surface area contributed by atoms with Gasteiger partial charge in [-0.05, 0) is 40.5 Å². The number of hydrogen-bond acceptors (Lipinski definition) is 3. The maximum absolute atomic E-state index is 13.2. The van der Waals surface area contributed by atoms with Gasteiger partial charge in [0.1, 0.15) is 6.61 Å². The Morgan fingerprint density at radius 3 is 2.52 bits per heavy atom. The van der Waals surface area contributed by atoms with E-state index in [1.165, 1.54) is 5.56 Å². The summed E-state index contributed by atoms with van der Waals surface area (Å²) in [6, 6.07) is 22.1. The highest BCUT2D eigenvalue weighted by Gasteiger charge is 2.43. The number of ether oxygens (including phenoxy) is 1. The van der Waals surface area contributed by atoms with Gasteiger partial charge in [0.25, 0.3) is 0 Å². The van der Waals surface area contributed by atoms with Crippen LogP contribution in [-0.2, 0) is 20.7 Å². The fourth-order valence-electron chi connectivity index (χ4n) is 4.45. The third-order valence-electron chi connectivity index (χ3n) is 5.92. The van der Waals surface area contributed by atoms with Crippen molar-refractivity contribution in [3.63, 3.8) is 0 Å². The second-order valence-corrected chi connectivity index (χ2v) is 7.51. The van der Waals surface area contributed by atoms with Crippen LogP contribution in [0.15, 0.2) is 78.0 Å². The molecule has 0 fully saturated rings. The van der Waals surface area contributed by atoms with E-state index in [0.717, 1.165) is 28.4 Å². The molecule has 3 aromatic rings. The Balaban J connectivity index is 1.65. The molecule has 4 nitrogen and oxygen atoms in total. The van der Waals surface area contributed by atoms with Crippen LogP contribution >= 0.6 is 0 Å². The van der Waals surface area contributed by atoms with Gasteiger partial charge in [0.2, 0.25) is 5.91 Å². The van der Waals surface area contributed by atoms with Crippen molar-refractivity contribution in [2.45, 2.75) is 25.7 Å². The minimum Gasteiger partial charge on any atom is -0.456 e. The SMILES string of the molecule is CCc1ccc(N2C(=O)CC(c3cccc4ccccc34)C3=C2COC3=O)cc1. The molecule has 1 amide bonds. The number of nitrogens with zero attached hydrogens (tertiary/aromatic N) is 1. The first-order chi connectivity index (χ1) is 14.2. The summed E-state index contributed by atoms with van der Waals surface area (Å²) >= 11 is 0. The van der Waals surface area contributed by atoms with Gasteiger partial charge in [-0.25, -0.2) is 4.79 Å². The van der Waals surface area contributed by atoms with Crippen LogP contribution in [0, 0.1) is 0 Å². The number of anilines is 1. The normalized spacial score (nSPS) is 18.9. The van der Waals surface area contributed by atoms with Gasteiger partial charge < -0.3 is 4.74 Å². The maximum atomic E-state index is 13.2. The number of aryl methyl sites for hydroxylation is 1. The Kier molecular flexibility index (Phi) is 4.20. The largest absolute Gasteiger partial charge is 0.456 e. The molecule has 1 atom stereocenters. The molecule has 0 aromatic heterocycles. The van der Waals surface area contributed by atoms with Crippen LogP contribution in [0.1, 0.15) is 30.4 Å². The number of carbonyl (C=O) groups is 2. The second kappa shape index (κ2) is 6.89. The van der Waals surface area contributed by atoms with Crippen molar-refractivity contribution in [2.24, 2.45) is 0 Å². The van der Waals surface area contributed by atoms with Gasteiger partial charge in [-0.15, -0.1) is 0 Å². The molecule has 0 saturated heterocycles. The minimum atomic E-state index is -0.319. The lowest BCUT2D eigenvalue weighted by molar-refractivity contribution is -0.136. The van der Waals surface area contributed by atoms with Crippen molar-refractivity contribution in [1.82, 2.24) is 0 Å². The Hall–Kier alpha value is -3.40. The molecule has 2 aliphatic rings. The molecule has 2 heterocycles. The number of benzene rings is 3. The van der Waals surface area contributed by atoms with Gasteiger partial charge in [0.15, 0.2) is 0 Å². The molecular weight excluding hydrogens is 362 g/mol. The van der Waals surface area contributed by atoms with Crippen molar-refractivity contribution in [1.29, 1.82) is 0 Å². The third kappa shape index (κ3) is 2.83. The predicted octanol–water partition coefficient (Wildman–Crippen LogP) is 4.73. The fraction of sp³-hybridized carbons (Fsp3) is 0.200. The number of cyclic esters (lactones) is 1. The van der Waals surface area contributed by atoms with Crippen LogP contribution in [-0.4, -0.2) is 18.5 Å². The third-order valence-corrected chi connectivity index (χ3v) is 5.92. The highest BCUT2D eigenvalue weighted by Crippen LogP contribution is 2.43. The summed E-state index contributed by atoms with van der Waals surface area (Å²) in [5.41, 5.74) is 4.28. The standard InChI is InChI=1S/C25H21NO3/c1-2-16-10-12-18(13-11-16)26-22-15-29-25(28)24(22)21(14-23(26)27)20-9-5-7-17-6-3-4-8-19(17)20/h3-13,21H,2,14-15H2,1H3. The first kappa shape index (κ1) is 17.7. The molecule has 144 valence electrons. The molecule has 1 unspecified atom stereocenters. The molecule has 29 heavy (non-hydrogen) atoms. The summed E-state index contributed by atoms with van der Waals surface area (Å²) in [7, 11) is 0. The van der Waals surface area contributed by atoms with Gasteiger partial charge in [0, 0.05) is 18.0 Å². The Morgan fingerprint density at radius 1 is 0.966 bits per heavy atom. The molecule has 0 spiro atoms. The smallest absolute Gasteiger partial charge is 0.336 e. The van der Waals surface area contributed by atoms with E-state index in [2.05, 4.69) is 6.92 Å². The van der Waals surface area contributed by atoms with Crippen molar-refractivity contribution in [3.05, 3.63) is 89.1 Å². The number of esters is 1. The molecule has 5 rings (SSSR count). The zero-order valence-electron chi connectivity index (χ0n) is 16.2. The zero-order chi connectivity index (χ0) is 20.0. The van der Waals surface area contributed by atoms with Crippen LogP contribution in [0.4, 0.5) is 5.69 Å². The average Bonchev–Trinajstić information content (AvgIpc) is 3.14. The molecule has 0 saturated carbocycles. The summed E-state index contributed by atoms with van der Waals surface area (Å²) in [6.07, 6.45) is 1.18. The number of fused-ring (bicyclic) bond motifs is 1. The van der Waals surface area contributed by atoms with Crippen molar-refractivity contribution >= 4 is 28.3 Å². The molecule has 2 aliphatic heterocycles. The first-order valence-electron chi connectivity index (χ1n) is 9.97. The summed E-state index contributed by atoms with van der Waals surface area (Å²) in [6.45, 7) is 2.23. The Bertz CT molecular complexity index is 1150. The number of hydrogen-bond donors (Lipinski definition) is 0. The van der Waals surface area contributed by atoms with Crippen molar-refractivity contribution in [3.8, 4) is 0 Å². The van der Waals surface area contributed by atoms with Gasteiger partial charge in [-0.2, -0.15) is 0 Å². The summed E-state index contributed by atoms with van der Waals surface area (Å²) in [4.78, 5) is 27.6. The minimum absolute atomic E-state index is 0.00997. The lowest BCUT2D eigenvalue weighted by Crippen LogP contribution is -2.37. The Morgan fingerprint density at radius 2 is 1.72 bits per heavy atom. The maximum Gasteiger partial charge on any atom is 0.336 e. The van der Waals surface area contributed by atoms with E-state index in [9.17, 15) is 9.59 Å². The number of carbonyl (C=O) groups excluding carboxylic acids is 2. The topological polar surface area (TPSA) is 46.6 Å². The Labute approximate surface area is 169 Å². The van der Waals surface area contributed by atoms with E-state index in [4.69, 9.17) is 4.74 Å². The average molecular weight is 383 g/mol. The lowest BCUT2D eigenvalue weighted by atomic mass is 9.82. The van der Waals surface area contributed by atoms with Crippen LogP contribution in [0.3, 0.4) is 0 Å². The van der Waals surface area contributed by atoms with Gasteiger partial charge in [0.05, 0.1) is 11.3 Å². The number of amides is 1. The predicted molar refractivity (Wildman–Crippen MR) is 113 cm³/mol.